The Hall–Kier alpha value is -1.10. The first-order valence-corrected chi connectivity index (χ1v) is 9.27. The van der Waals surface area contributed by atoms with E-state index in [-0.39, 0.29) is 29.9 Å². The van der Waals surface area contributed by atoms with Gasteiger partial charge < -0.3 is 20.7 Å². The average Bonchev–Trinajstić information content (AvgIpc) is 2.63. The second-order valence-electron chi connectivity index (χ2n) is 6.16. The molecule has 1 aromatic rings. The van der Waals surface area contributed by atoms with Crippen molar-refractivity contribution in [2.24, 2.45) is 4.99 Å². The number of aryl methyl sites for hydroxylation is 1. The van der Waals surface area contributed by atoms with Gasteiger partial charge in [0.15, 0.2) is 5.96 Å². The molecule has 0 atom stereocenters. The maximum atomic E-state index is 12.1. The molecule has 0 unspecified atom stereocenters. The number of nitrogens with zero attached hydrogens (tertiary/aromatic N) is 2. The molecule has 0 radical (unpaired) electrons. The zero-order valence-electron chi connectivity index (χ0n) is 15.9. The van der Waals surface area contributed by atoms with Crippen molar-refractivity contribution in [2.45, 2.75) is 13.3 Å². The smallest absolute Gasteiger partial charge is 0.226 e. The van der Waals surface area contributed by atoms with E-state index in [1.165, 1.54) is 0 Å². The third-order valence-electron chi connectivity index (χ3n) is 4.09. The van der Waals surface area contributed by atoms with Crippen LogP contribution in [0.4, 0.5) is 5.69 Å². The first kappa shape index (κ1) is 23.9. The topological polar surface area (TPSA) is 78.0 Å². The number of nitrogens with one attached hydrogen (secondary N) is 3. The number of guanidine groups is 1. The van der Waals surface area contributed by atoms with Gasteiger partial charge in [0.2, 0.25) is 5.91 Å². The van der Waals surface area contributed by atoms with Crippen molar-refractivity contribution in [3.05, 3.63) is 28.8 Å². The molecule has 9 heteroatoms. The molecule has 1 aromatic carbocycles. The number of ether oxygens (including phenoxy) is 1. The summed E-state index contributed by atoms with van der Waals surface area (Å²) in [6.07, 6.45) is 0.328. The fourth-order valence-electron chi connectivity index (χ4n) is 2.61. The molecule has 0 saturated carbocycles. The quantitative estimate of drug-likeness (QED) is 0.298. The summed E-state index contributed by atoms with van der Waals surface area (Å²) in [6, 6.07) is 5.56. The molecule has 1 amide bonds. The van der Waals surface area contributed by atoms with Crippen LogP contribution in [-0.4, -0.2) is 69.8 Å². The first-order valence-electron chi connectivity index (χ1n) is 8.89. The van der Waals surface area contributed by atoms with Gasteiger partial charge in [-0.3, -0.25) is 14.7 Å². The Kier molecular flexibility index (Phi) is 11.7. The normalized spacial score (nSPS) is 15.0. The highest BCUT2D eigenvalue weighted by Gasteiger charge is 2.10. The average molecular weight is 510 g/mol. The highest BCUT2D eigenvalue weighted by atomic mass is 127. The fraction of sp³-hybridized carbons (Fsp3) is 0.556. The first-order chi connectivity index (χ1) is 12.6. The van der Waals surface area contributed by atoms with Crippen molar-refractivity contribution in [2.75, 3.05) is 58.3 Å². The van der Waals surface area contributed by atoms with Crippen molar-refractivity contribution in [3.63, 3.8) is 0 Å². The number of hydrogen-bond donors (Lipinski definition) is 3. The summed E-state index contributed by atoms with van der Waals surface area (Å²) >= 11 is 6.13. The van der Waals surface area contributed by atoms with Gasteiger partial charge in [-0.15, -0.1) is 24.0 Å². The van der Waals surface area contributed by atoms with Gasteiger partial charge in [0, 0.05) is 46.2 Å². The Morgan fingerprint density at radius 3 is 2.63 bits per heavy atom. The Balaban J connectivity index is 0.00000364. The van der Waals surface area contributed by atoms with Gasteiger partial charge in [-0.25, -0.2) is 0 Å². The Bertz CT molecular complexity index is 624. The number of morpholine rings is 1. The molecule has 2 rings (SSSR count). The minimum atomic E-state index is -0.0907. The second kappa shape index (κ2) is 13.1. The van der Waals surface area contributed by atoms with Crippen LogP contribution < -0.4 is 16.0 Å². The summed E-state index contributed by atoms with van der Waals surface area (Å²) in [6.45, 7) is 7.72. The third kappa shape index (κ3) is 9.09. The van der Waals surface area contributed by atoms with Gasteiger partial charge in [0.25, 0.3) is 0 Å². The van der Waals surface area contributed by atoms with E-state index in [2.05, 4.69) is 25.8 Å². The molecule has 27 heavy (non-hydrogen) atoms. The Morgan fingerprint density at radius 2 is 1.96 bits per heavy atom. The van der Waals surface area contributed by atoms with E-state index in [4.69, 9.17) is 16.3 Å². The molecular weight excluding hydrogens is 481 g/mol. The number of anilines is 1. The monoisotopic (exact) mass is 509 g/mol. The molecule has 0 spiro atoms. The fourth-order valence-corrected chi connectivity index (χ4v) is 2.89. The van der Waals surface area contributed by atoms with Crippen LogP contribution in [0.3, 0.4) is 0 Å². The molecule has 1 saturated heterocycles. The van der Waals surface area contributed by atoms with Gasteiger partial charge >= 0.3 is 0 Å². The molecule has 7 nitrogen and oxygen atoms in total. The van der Waals surface area contributed by atoms with E-state index in [9.17, 15) is 4.79 Å². The van der Waals surface area contributed by atoms with Crippen LogP contribution in [0.15, 0.2) is 23.2 Å². The molecule has 1 fully saturated rings. The van der Waals surface area contributed by atoms with E-state index in [1.54, 1.807) is 7.05 Å². The lowest BCUT2D eigenvalue weighted by atomic mass is 10.2. The van der Waals surface area contributed by atoms with Crippen molar-refractivity contribution >= 4 is 53.1 Å². The Morgan fingerprint density at radius 1 is 1.26 bits per heavy atom. The number of amides is 1. The number of benzene rings is 1. The van der Waals surface area contributed by atoms with Crippen LogP contribution in [0.5, 0.6) is 0 Å². The molecule has 0 aliphatic carbocycles. The number of hydrogen-bond acceptors (Lipinski definition) is 4. The van der Waals surface area contributed by atoms with E-state index in [0.29, 0.717) is 29.6 Å². The van der Waals surface area contributed by atoms with E-state index in [0.717, 1.165) is 45.0 Å². The van der Waals surface area contributed by atoms with Crippen molar-refractivity contribution in [1.29, 1.82) is 0 Å². The van der Waals surface area contributed by atoms with Crippen molar-refractivity contribution < 1.29 is 9.53 Å². The summed E-state index contributed by atoms with van der Waals surface area (Å²) in [5, 5.41) is 9.78. The van der Waals surface area contributed by atoms with Gasteiger partial charge in [-0.2, -0.15) is 0 Å². The van der Waals surface area contributed by atoms with Crippen LogP contribution in [0.1, 0.15) is 12.0 Å². The van der Waals surface area contributed by atoms with Gasteiger partial charge in [-0.05, 0) is 24.6 Å². The third-order valence-corrected chi connectivity index (χ3v) is 4.40. The highest BCUT2D eigenvalue weighted by molar-refractivity contribution is 14.0. The summed E-state index contributed by atoms with van der Waals surface area (Å²) in [5.74, 6) is 0.603. The second-order valence-corrected chi connectivity index (χ2v) is 6.57. The number of rotatable bonds is 7. The number of carbonyl (C=O) groups is 1. The van der Waals surface area contributed by atoms with E-state index in [1.807, 2.05) is 25.1 Å². The molecular formula is C18H29ClIN5O2. The highest BCUT2D eigenvalue weighted by Crippen LogP contribution is 2.22. The predicted molar refractivity (Wildman–Crippen MR) is 121 cm³/mol. The molecule has 1 aliphatic rings. The van der Waals surface area contributed by atoms with Gasteiger partial charge in [0.1, 0.15) is 0 Å². The summed E-state index contributed by atoms with van der Waals surface area (Å²) in [7, 11) is 1.72. The number of halogens is 2. The summed E-state index contributed by atoms with van der Waals surface area (Å²) in [4.78, 5) is 18.6. The zero-order chi connectivity index (χ0) is 18.8. The maximum absolute atomic E-state index is 12.1. The van der Waals surface area contributed by atoms with Crippen LogP contribution in [-0.2, 0) is 9.53 Å². The molecule has 3 N–H and O–H groups in total. The lowest BCUT2D eigenvalue weighted by Crippen LogP contribution is -2.44. The van der Waals surface area contributed by atoms with Crippen molar-refractivity contribution in [1.82, 2.24) is 15.5 Å². The van der Waals surface area contributed by atoms with E-state index >= 15 is 0 Å². The van der Waals surface area contributed by atoms with Gasteiger partial charge in [0.05, 0.1) is 23.9 Å². The molecule has 0 bridgehead atoms. The largest absolute Gasteiger partial charge is 0.379 e. The standard InChI is InChI=1S/C18H28ClN5O2.HI/c1-14-3-4-16(15(19)13-14)23-17(25)5-6-21-18(20-2)22-7-8-24-9-11-26-12-10-24;/h3-4,13H,5-12H2,1-2H3,(H,23,25)(H2,20,21,22);1H. The van der Waals surface area contributed by atoms with Crippen LogP contribution in [0.25, 0.3) is 0 Å². The molecule has 1 aliphatic heterocycles. The minimum absolute atomic E-state index is 0. The molecule has 152 valence electrons. The van der Waals surface area contributed by atoms with Crippen LogP contribution in [0.2, 0.25) is 5.02 Å². The maximum Gasteiger partial charge on any atom is 0.226 e. The zero-order valence-corrected chi connectivity index (χ0v) is 19.0. The van der Waals surface area contributed by atoms with Crippen LogP contribution >= 0.6 is 35.6 Å². The Labute approximate surface area is 183 Å². The minimum Gasteiger partial charge on any atom is -0.379 e. The van der Waals surface area contributed by atoms with E-state index < -0.39 is 0 Å². The predicted octanol–water partition coefficient (Wildman–Crippen LogP) is 2.09. The van der Waals surface area contributed by atoms with Gasteiger partial charge in [-0.1, -0.05) is 17.7 Å². The summed E-state index contributed by atoms with van der Waals surface area (Å²) < 4.78 is 5.34. The SMILES string of the molecule is CN=C(NCCC(=O)Nc1ccc(C)cc1Cl)NCCN1CCOCC1.I. The molecule has 0 aromatic heterocycles. The van der Waals surface area contributed by atoms with Crippen LogP contribution in [0, 0.1) is 6.92 Å². The number of aliphatic imine (C=N–C) groups is 1. The summed E-state index contributed by atoms with van der Waals surface area (Å²) in [5.41, 5.74) is 1.69. The lowest BCUT2D eigenvalue weighted by Gasteiger charge is -2.26. The van der Waals surface area contributed by atoms with Crippen molar-refractivity contribution in [3.8, 4) is 0 Å². The lowest BCUT2D eigenvalue weighted by molar-refractivity contribution is -0.116. The molecule has 1 heterocycles. The number of carbonyl (C=O) groups excluding carboxylic acids is 1.